The molecule has 0 aliphatic carbocycles. The van der Waals surface area contributed by atoms with Crippen LogP contribution < -0.4 is 4.74 Å². The van der Waals surface area contributed by atoms with Gasteiger partial charge in [0.25, 0.3) is 5.91 Å². The first-order chi connectivity index (χ1) is 9.93. The largest absolute Gasteiger partial charge is 0.496 e. The summed E-state index contributed by atoms with van der Waals surface area (Å²) >= 11 is 11.9. The highest BCUT2D eigenvalue weighted by Gasteiger charge is 2.30. The fourth-order valence-electron chi connectivity index (χ4n) is 2.40. The second-order valence-electron chi connectivity index (χ2n) is 4.90. The first-order valence-corrected chi connectivity index (χ1v) is 7.24. The van der Waals surface area contributed by atoms with Gasteiger partial charge in [0.1, 0.15) is 5.75 Å². The molecule has 1 fully saturated rings. The van der Waals surface area contributed by atoms with Crippen LogP contribution >= 0.6 is 23.2 Å². The average Bonchev–Trinajstić information content (AvgIpc) is 2.48. The van der Waals surface area contributed by atoms with Crippen LogP contribution in [0.2, 0.25) is 10.0 Å². The molecular weight excluding hydrogens is 317 g/mol. The minimum Gasteiger partial charge on any atom is -0.496 e. The van der Waals surface area contributed by atoms with Gasteiger partial charge in [-0.3, -0.25) is 9.59 Å². The summed E-state index contributed by atoms with van der Waals surface area (Å²) in [6.45, 7) is 0.712. The van der Waals surface area contributed by atoms with E-state index in [4.69, 9.17) is 33.0 Å². The highest BCUT2D eigenvalue weighted by atomic mass is 35.5. The molecular formula is C14H15Cl2NO4. The predicted molar refractivity (Wildman–Crippen MR) is 79.3 cm³/mol. The molecule has 1 unspecified atom stereocenters. The van der Waals surface area contributed by atoms with Crippen molar-refractivity contribution < 1.29 is 19.4 Å². The lowest BCUT2D eigenvalue weighted by Gasteiger charge is -2.31. The van der Waals surface area contributed by atoms with Crippen molar-refractivity contribution in [3.63, 3.8) is 0 Å². The second-order valence-corrected chi connectivity index (χ2v) is 5.71. The van der Waals surface area contributed by atoms with E-state index in [2.05, 4.69) is 0 Å². The summed E-state index contributed by atoms with van der Waals surface area (Å²) < 4.78 is 5.16. The van der Waals surface area contributed by atoms with Gasteiger partial charge in [0.2, 0.25) is 0 Å². The number of ether oxygens (including phenoxy) is 1. The molecule has 1 atom stereocenters. The van der Waals surface area contributed by atoms with Crippen molar-refractivity contribution in [2.24, 2.45) is 5.92 Å². The molecule has 0 aromatic heterocycles. The SMILES string of the molecule is COc1cc(Cl)c(Cl)cc1C(=O)N1CCCC(C(=O)O)C1. The minimum atomic E-state index is -0.881. The molecule has 1 aromatic carbocycles. The molecule has 1 aliphatic heterocycles. The van der Waals surface area contributed by atoms with Crippen LogP contribution in [-0.4, -0.2) is 42.1 Å². The lowest BCUT2D eigenvalue weighted by molar-refractivity contribution is -0.143. The number of rotatable bonds is 3. The highest BCUT2D eigenvalue weighted by Crippen LogP contribution is 2.32. The van der Waals surface area contributed by atoms with E-state index in [0.29, 0.717) is 30.2 Å². The van der Waals surface area contributed by atoms with Crippen molar-refractivity contribution in [3.8, 4) is 5.75 Å². The summed E-state index contributed by atoms with van der Waals surface area (Å²) in [7, 11) is 1.44. The maximum absolute atomic E-state index is 12.6. The van der Waals surface area contributed by atoms with Crippen LogP contribution in [0.1, 0.15) is 23.2 Å². The average molecular weight is 332 g/mol. The van der Waals surface area contributed by atoms with E-state index in [-0.39, 0.29) is 23.0 Å². The molecule has 0 saturated carbocycles. The molecule has 114 valence electrons. The second kappa shape index (κ2) is 6.54. The van der Waals surface area contributed by atoms with Gasteiger partial charge in [-0.2, -0.15) is 0 Å². The van der Waals surface area contributed by atoms with Gasteiger partial charge < -0.3 is 14.7 Å². The van der Waals surface area contributed by atoms with Crippen LogP contribution in [0.5, 0.6) is 5.75 Å². The molecule has 0 bridgehead atoms. The van der Waals surface area contributed by atoms with Crippen LogP contribution in [0.3, 0.4) is 0 Å². The monoisotopic (exact) mass is 331 g/mol. The van der Waals surface area contributed by atoms with Crippen LogP contribution in [0.25, 0.3) is 0 Å². The first-order valence-electron chi connectivity index (χ1n) is 6.49. The Morgan fingerprint density at radius 3 is 2.62 bits per heavy atom. The number of amides is 1. The molecule has 1 N–H and O–H groups in total. The maximum atomic E-state index is 12.6. The third kappa shape index (κ3) is 3.41. The van der Waals surface area contributed by atoms with Gasteiger partial charge in [0, 0.05) is 19.2 Å². The lowest BCUT2D eigenvalue weighted by Crippen LogP contribution is -2.42. The van der Waals surface area contributed by atoms with E-state index >= 15 is 0 Å². The Hall–Kier alpha value is -1.46. The van der Waals surface area contributed by atoms with E-state index in [9.17, 15) is 9.59 Å². The highest BCUT2D eigenvalue weighted by molar-refractivity contribution is 6.42. The Morgan fingerprint density at radius 2 is 2.00 bits per heavy atom. The summed E-state index contributed by atoms with van der Waals surface area (Å²) in [5.74, 6) is -1.38. The summed E-state index contributed by atoms with van der Waals surface area (Å²) in [6, 6.07) is 2.94. The zero-order valence-corrected chi connectivity index (χ0v) is 12.9. The van der Waals surface area contributed by atoms with Crippen molar-refractivity contribution in [1.29, 1.82) is 0 Å². The van der Waals surface area contributed by atoms with Gasteiger partial charge in [0.05, 0.1) is 28.6 Å². The molecule has 1 aromatic rings. The number of nitrogens with zero attached hydrogens (tertiary/aromatic N) is 1. The number of likely N-dealkylation sites (tertiary alicyclic amines) is 1. The van der Waals surface area contributed by atoms with Crippen molar-refractivity contribution in [2.75, 3.05) is 20.2 Å². The number of carbonyl (C=O) groups is 2. The molecule has 1 heterocycles. The maximum Gasteiger partial charge on any atom is 0.308 e. The van der Waals surface area contributed by atoms with E-state index in [1.807, 2.05) is 0 Å². The Morgan fingerprint density at radius 1 is 1.33 bits per heavy atom. The molecule has 21 heavy (non-hydrogen) atoms. The molecule has 1 amide bonds. The summed E-state index contributed by atoms with van der Waals surface area (Å²) in [5.41, 5.74) is 0.290. The lowest BCUT2D eigenvalue weighted by atomic mass is 9.97. The fraction of sp³-hybridized carbons (Fsp3) is 0.429. The quantitative estimate of drug-likeness (QED) is 0.924. The molecule has 5 nitrogen and oxygen atoms in total. The number of carboxylic acid groups (broad SMARTS) is 1. The fourth-order valence-corrected chi connectivity index (χ4v) is 2.72. The van der Waals surface area contributed by atoms with E-state index in [1.54, 1.807) is 0 Å². The number of aliphatic carboxylic acids is 1. The zero-order valence-electron chi connectivity index (χ0n) is 11.4. The van der Waals surface area contributed by atoms with E-state index < -0.39 is 11.9 Å². The molecule has 1 aliphatic rings. The van der Waals surface area contributed by atoms with Gasteiger partial charge in [-0.15, -0.1) is 0 Å². The molecule has 2 rings (SSSR count). The number of hydrogen-bond acceptors (Lipinski definition) is 3. The van der Waals surface area contributed by atoms with E-state index in [1.165, 1.54) is 24.1 Å². The summed E-state index contributed by atoms with van der Waals surface area (Å²) in [6.07, 6.45) is 1.24. The number of piperidine rings is 1. The first kappa shape index (κ1) is 15.9. The Balaban J connectivity index is 2.27. The van der Waals surface area contributed by atoms with Gasteiger partial charge >= 0.3 is 5.97 Å². The minimum absolute atomic E-state index is 0.192. The molecule has 7 heteroatoms. The topological polar surface area (TPSA) is 66.8 Å². The number of benzene rings is 1. The standard InChI is InChI=1S/C14H15Cl2NO4/c1-21-12-6-11(16)10(15)5-9(12)13(18)17-4-2-3-8(7-17)14(19)20/h5-6,8H,2-4,7H2,1H3,(H,19,20). The van der Waals surface area contributed by atoms with Crippen LogP contribution in [-0.2, 0) is 4.79 Å². The third-order valence-electron chi connectivity index (χ3n) is 3.53. The van der Waals surface area contributed by atoms with Crippen LogP contribution in [0.15, 0.2) is 12.1 Å². The van der Waals surface area contributed by atoms with Crippen LogP contribution in [0.4, 0.5) is 0 Å². The normalized spacial score (nSPS) is 18.4. The third-order valence-corrected chi connectivity index (χ3v) is 4.25. The van der Waals surface area contributed by atoms with Gasteiger partial charge in [-0.05, 0) is 18.9 Å². The number of hydrogen-bond donors (Lipinski definition) is 1. The number of carbonyl (C=O) groups excluding carboxylic acids is 1. The van der Waals surface area contributed by atoms with Crippen molar-refractivity contribution in [1.82, 2.24) is 4.90 Å². The summed E-state index contributed by atoms with van der Waals surface area (Å²) in [4.78, 5) is 25.2. The van der Waals surface area contributed by atoms with Crippen molar-refractivity contribution in [3.05, 3.63) is 27.7 Å². The Bertz CT molecular complexity index is 576. The van der Waals surface area contributed by atoms with Crippen molar-refractivity contribution >= 4 is 35.1 Å². The number of halogens is 2. The van der Waals surface area contributed by atoms with Gasteiger partial charge in [-0.25, -0.2) is 0 Å². The molecule has 0 spiro atoms. The number of carboxylic acids is 1. The Kier molecular flexibility index (Phi) is 4.96. The number of methoxy groups -OCH3 is 1. The van der Waals surface area contributed by atoms with E-state index in [0.717, 1.165) is 0 Å². The van der Waals surface area contributed by atoms with Gasteiger partial charge in [-0.1, -0.05) is 23.2 Å². The van der Waals surface area contributed by atoms with Crippen molar-refractivity contribution in [2.45, 2.75) is 12.8 Å². The predicted octanol–water partition coefficient (Wildman–Crippen LogP) is 2.94. The van der Waals surface area contributed by atoms with Gasteiger partial charge in [0.15, 0.2) is 0 Å². The smallest absolute Gasteiger partial charge is 0.308 e. The summed E-state index contributed by atoms with van der Waals surface area (Å²) in [5, 5.41) is 9.64. The molecule has 0 radical (unpaired) electrons. The zero-order chi connectivity index (χ0) is 15.6. The Labute approximate surface area is 132 Å². The molecule has 1 saturated heterocycles. The van der Waals surface area contributed by atoms with Crippen LogP contribution in [0, 0.1) is 5.92 Å².